The average molecular weight is 444 g/mol. The summed E-state index contributed by atoms with van der Waals surface area (Å²) in [5, 5.41) is 18.8. The van der Waals surface area contributed by atoms with Crippen molar-refractivity contribution in [3.05, 3.63) is 89.7 Å². The van der Waals surface area contributed by atoms with E-state index in [1.165, 1.54) is 29.2 Å². The van der Waals surface area contributed by atoms with Crippen molar-refractivity contribution in [1.29, 1.82) is 5.26 Å². The second-order valence-corrected chi connectivity index (χ2v) is 8.07. The zero-order valence-corrected chi connectivity index (χ0v) is 17.7. The molecule has 1 atom stereocenters. The lowest BCUT2D eigenvalue weighted by molar-refractivity contribution is -0.149. The molecule has 3 aromatic rings. The Bertz CT molecular complexity index is 1200. The molecule has 0 saturated carbocycles. The van der Waals surface area contributed by atoms with Crippen molar-refractivity contribution in [2.75, 3.05) is 19.7 Å². The first-order valence-electron chi connectivity index (χ1n) is 10.4. The molecule has 7 heteroatoms. The highest BCUT2D eigenvalue weighted by atomic mass is 19.1. The Kier molecular flexibility index (Phi) is 6.09. The van der Waals surface area contributed by atoms with Gasteiger partial charge in [0.1, 0.15) is 23.6 Å². The molecule has 0 spiro atoms. The highest BCUT2D eigenvalue weighted by Gasteiger charge is 2.47. The van der Waals surface area contributed by atoms with Gasteiger partial charge in [-0.3, -0.25) is 9.59 Å². The first-order chi connectivity index (χ1) is 15.9. The molecule has 3 aromatic carbocycles. The van der Waals surface area contributed by atoms with E-state index in [0.717, 1.165) is 11.1 Å². The van der Waals surface area contributed by atoms with Gasteiger partial charge < -0.3 is 14.7 Å². The molecule has 1 aliphatic rings. The third kappa shape index (κ3) is 4.70. The minimum absolute atomic E-state index is 0.0157. The average Bonchev–Trinajstić information content (AvgIpc) is 3.29. The number of nitrogens with zero attached hydrogens (tertiary/aromatic N) is 2. The first kappa shape index (κ1) is 22.0. The molecule has 1 unspecified atom stereocenters. The second-order valence-electron chi connectivity index (χ2n) is 8.07. The Hall–Kier alpha value is -4.18. The van der Waals surface area contributed by atoms with Crippen LogP contribution >= 0.6 is 0 Å². The fourth-order valence-corrected chi connectivity index (χ4v) is 3.88. The number of benzene rings is 3. The summed E-state index contributed by atoms with van der Waals surface area (Å²) in [5.41, 5.74) is 1.57. The van der Waals surface area contributed by atoms with Gasteiger partial charge in [0.2, 0.25) is 0 Å². The van der Waals surface area contributed by atoms with Crippen LogP contribution in [0.5, 0.6) is 5.75 Å². The molecule has 166 valence electrons. The summed E-state index contributed by atoms with van der Waals surface area (Å²) < 4.78 is 19.0. The van der Waals surface area contributed by atoms with Crippen molar-refractivity contribution in [3.63, 3.8) is 0 Å². The maximum atomic E-state index is 13.1. The summed E-state index contributed by atoms with van der Waals surface area (Å²) in [4.78, 5) is 26.3. The lowest BCUT2D eigenvalue weighted by Gasteiger charge is -2.25. The van der Waals surface area contributed by atoms with Crippen molar-refractivity contribution in [1.82, 2.24) is 4.90 Å². The van der Waals surface area contributed by atoms with Crippen LogP contribution in [-0.2, 0) is 4.79 Å². The van der Waals surface area contributed by atoms with Gasteiger partial charge >= 0.3 is 5.97 Å². The molecule has 0 aromatic heterocycles. The summed E-state index contributed by atoms with van der Waals surface area (Å²) in [6.07, 6.45) is 0.262. The second kappa shape index (κ2) is 9.13. The lowest BCUT2D eigenvalue weighted by Crippen LogP contribution is -2.41. The number of carboxylic acids is 1. The smallest absolute Gasteiger partial charge is 0.315 e. The quantitative estimate of drug-likeness (QED) is 0.610. The molecular weight excluding hydrogens is 423 g/mol. The van der Waals surface area contributed by atoms with Gasteiger partial charge in [-0.25, -0.2) is 4.39 Å². The van der Waals surface area contributed by atoms with Crippen LogP contribution in [0.15, 0.2) is 72.8 Å². The minimum atomic E-state index is -1.22. The lowest BCUT2D eigenvalue weighted by atomic mass is 9.88. The van der Waals surface area contributed by atoms with Crippen LogP contribution in [0.1, 0.15) is 22.3 Å². The van der Waals surface area contributed by atoms with Crippen LogP contribution in [0.3, 0.4) is 0 Å². The third-order valence-electron chi connectivity index (χ3n) is 5.90. The number of hydrogen-bond donors (Lipinski definition) is 1. The van der Waals surface area contributed by atoms with Gasteiger partial charge in [-0.2, -0.15) is 5.26 Å². The van der Waals surface area contributed by atoms with Crippen LogP contribution in [-0.4, -0.2) is 41.6 Å². The number of carbonyl (C=O) groups is 2. The molecule has 1 N–H and O–H groups in total. The van der Waals surface area contributed by atoms with Gasteiger partial charge in [-0.15, -0.1) is 0 Å². The number of ether oxygens (including phenoxy) is 1. The number of hydrogen-bond acceptors (Lipinski definition) is 4. The fraction of sp³-hybridized carbons (Fsp3) is 0.192. The van der Waals surface area contributed by atoms with E-state index in [-0.39, 0.29) is 32.0 Å². The highest BCUT2D eigenvalue weighted by molar-refractivity contribution is 5.95. The fourth-order valence-electron chi connectivity index (χ4n) is 3.88. The number of aliphatic carboxylic acids is 1. The summed E-state index contributed by atoms with van der Waals surface area (Å²) in [6, 6.07) is 21.8. The summed E-state index contributed by atoms with van der Waals surface area (Å²) in [5.74, 6) is -1.27. The summed E-state index contributed by atoms with van der Waals surface area (Å²) in [6.45, 7) is 0.219. The van der Waals surface area contributed by atoms with Crippen LogP contribution < -0.4 is 4.74 Å². The monoisotopic (exact) mass is 444 g/mol. The standard InChI is InChI=1S/C26H21FN2O4/c27-22-9-5-21(6-10-22)24(30)29-14-13-26(16-29,25(31)32)17-33-23-11-7-20(8-12-23)19-3-1-18(15-28)2-4-19/h1-12H,13-14,16-17H2,(H,31,32). The zero-order chi connectivity index (χ0) is 23.4. The number of amides is 1. The molecule has 1 saturated heterocycles. The van der Waals surface area contributed by atoms with Crippen LogP contribution in [0.4, 0.5) is 4.39 Å². The number of likely N-dealkylation sites (tertiary alicyclic amines) is 1. The topological polar surface area (TPSA) is 90.6 Å². The van der Waals surface area contributed by atoms with E-state index in [2.05, 4.69) is 6.07 Å². The van der Waals surface area contributed by atoms with E-state index >= 15 is 0 Å². The van der Waals surface area contributed by atoms with Crippen molar-refractivity contribution in [2.24, 2.45) is 5.41 Å². The molecule has 0 aliphatic carbocycles. The molecule has 1 heterocycles. The third-order valence-corrected chi connectivity index (χ3v) is 5.90. The first-order valence-corrected chi connectivity index (χ1v) is 10.4. The number of halogens is 1. The summed E-state index contributed by atoms with van der Waals surface area (Å²) >= 11 is 0. The molecule has 0 radical (unpaired) electrons. The Morgan fingerprint density at radius 3 is 2.18 bits per heavy atom. The Labute approximate surface area is 190 Å². The van der Waals surface area contributed by atoms with Crippen LogP contribution in [0, 0.1) is 22.6 Å². The van der Waals surface area contributed by atoms with Gasteiger partial charge in [-0.1, -0.05) is 24.3 Å². The zero-order valence-electron chi connectivity index (χ0n) is 17.7. The minimum Gasteiger partial charge on any atom is -0.492 e. The molecule has 1 amide bonds. The van der Waals surface area contributed by atoms with Crippen molar-refractivity contribution in [2.45, 2.75) is 6.42 Å². The van der Waals surface area contributed by atoms with E-state index < -0.39 is 17.2 Å². The predicted octanol–water partition coefficient (Wildman–Crippen LogP) is 4.36. The van der Waals surface area contributed by atoms with Gasteiger partial charge in [-0.05, 0) is 66.1 Å². The number of nitriles is 1. The molecule has 6 nitrogen and oxygen atoms in total. The molecule has 1 aliphatic heterocycles. The van der Waals surface area contributed by atoms with E-state index in [1.807, 2.05) is 24.3 Å². The Balaban J connectivity index is 1.42. The number of carbonyl (C=O) groups excluding carboxylic acids is 1. The number of carboxylic acid groups (broad SMARTS) is 1. The van der Waals surface area contributed by atoms with Crippen molar-refractivity contribution >= 4 is 11.9 Å². The van der Waals surface area contributed by atoms with Crippen molar-refractivity contribution in [3.8, 4) is 22.9 Å². The number of rotatable bonds is 6. The predicted molar refractivity (Wildman–Crippen MR) is 119 cm³/mol. The largest absolute Gasteiger partial charge is 0.492 e. The van der Waals surface area contributed by atoms with Gasteiger partial charge in [0.25, 0.3) is 5.91 Å². The molecule has 0 bridgehead atoms. The molecule has 1 fully saturated rings. The van der Waals surface area contributed by atoms with E-state index in [0.29, 0.717) is 16.9 Å². The van der Waals surface area contributed by atoms with Gasteiger partial charge in [0, 0.05) is 18.7 Å². The van der Waals surface area contributed by atoms with E-state index in [4.69, 9.17) is 10.00 Å². The molecular formula is C26H21FN2O4. The maximum Gasteiger partial charge on any atom is 0.315 e. The highest BCUT2D eigenvalue weighted by Crippen LogP contribution is 2.33. The van der Waals surface area contributed by atoms with Gasteiger partial charge in [0.05, 0.1) is 11.6 Å². The Morgan fingerprint density at radius 1 is 1.00 bits per heavy atom. The maximum absolute atomic E-state index is 13.1. The van der Waals surface area contributed by atoms with E-state index in [9.17, 15) is 19.1 Å². The van der Waals surface area contributed by atoms with Crippen molar-refractivity contribution < 1.29 is 23.8 Å². The normalized spacial score (nSPS) is 17.4. The van der Waals surface area contributed by atoms with E-state index in [1.54, 1.807) is 24.3 Å². The molecule has 4 rings (SSSR count). The van der Waals surface area contributed by atoms with Gasteiger partial charge in [0.15, 0.2) is 0 Å². The summed E-state index contributed by atoms with van der Waals surface area (Å²) in [7, 11) is 0. The molecule has 33 heavy (non-hydrogen) atoms. The SMILES string of the molecule is N#Cc1ccc(-c2ccc(OCC3(C(=O)O)CCN(C(=O)c4ccc(F)cc4)C3)cc2)cc1. The Morgan fingerprint density at radius 2 is 1.61 bits per heavy atom. The van der Waals surface area contributed by atoms with Crippen LogP contribution in [0.25, 0.3) is 11.1 Å². The van der Waals surface area contributed by atoms with Crippen LogP contribution in [0.2, 0.25) is 0 Å².